The van der Waals surface area contributed by atoms with Crippen molar-refractivity contribution in [2.75, 3.05) is 10.6 Å². The van der Waals surface area contributed by atoms with E-state index in [4.69, 9.17) is 0 Å². The predicted octanol–water partition coefficient (Wildman–Crippen LogP) is 6.13. The summed E-state index contributed by atoms with van der Waals surface area (Å²) in [5, 5.41) is 32.5. The van der Waals surface area contributed by atoms with Crippen molar-refractivity contribution in [3.63, 3.8) is 0 Å². The Kier molecular flexibility index (Phi) is 7.68. The van der Waals surface area contributed by atoms with Crippen molar-refractivity contribution in [1.82, 2.24) is 50.3 Å². The molecule has 1 atom stereocenters. The lowest BCUT2D eigenvalue weighted by atomic mass is 9.95. The summed E-state index contributed by atoms with van der Waals surface area (Å²) in [6, 6.07) is 9.70. The monoisotopic (exact) mass is 608 g/mol. The summed E-state index contributed by atoms with van der Waals surface area (Å²) < 4.78 is 1.85. The summed E-state index contributed by atoms with van der Waals surface area (Å²) in [5.74, 6) is 5.05. The predicted molar refractivity (Wildman–Crippen MR) is 171 cm³/mol. The minimum absolute atomic E-state index is 0.0447. The van der Waals surface area contributed by atoms with Gasteiger partial charge in [0, 0.05) is 41.4 Å². The van der Waals surface area contributed by atoms with E-state index < -0.39 is 5.54 Å². The molecule has 8 rings (SSSR count). The van der Waals surface area contributed by atoms with Gasteiger partial charge in [-0.3, -0.25) is 19.4 Å². The van der Waals surface area contributed by atoms with Crippen LogP contribution in [0.5, 0.6) is 0 Å². The van der Waals surface area contributed by atoms with Crippen LogP contribution in [0.25, 0.3) is 5.65 Å². The summed E-state index contributed by atoms with van der Waals surface area (Å²) >= 11 is 0. The quantitative estimate of drug-likeness (QED) is 0.146. The maximum absolute atomic E-state index is 12.1. The summed E-state index contributed by atoms with van der Waals surface area (Å²) in [6.07, 6.45) is 12.7. The minimum Gasteiger partial charge on any atom is -0.341 e. The molecule has 1 amide bonds. The molecule has 13 heteroatoms. The fourth-order valence-electron chi connectivity index (χ4n) is 6.76. The van der Waals surface area contributed by atoms with Gasteiger partial charge < -0.3 is 16.0 Å². The number of nitrogens with one attached hydrogen (secondary N) is 5. The lowest BCUT2D eigenvalue weighted by Gasteiger charge is -2.22. The Morgan fingerprint density at radius 1 is 0.867 bits per heavy atom. The zero-order chi connectivity index (χ0) is 31.0. The van der Waals surface area contributed by atoms with Crippen LogP contribution in [-0.4, -0.2) is 50.9 Å². The first-order valence-electron chi connectivity index (χ1n) is 16.0. The van der Waals surface area contributed by atoms with Gasteiger partial charge in [0.1, 0.15) is 23.8 Å². The Morgan fingerprint density at radius 3 is 2.11 bits per heavy atom. The van der Waals surface area contributed by atoms with E-state index in [-0.39, 0.29) is 5.91 Å². The van der Waals surface area contributed by atoms with Gasteiger partial charge in [0.15, 0.2) is 17.3 Å². The lowest BCUT2D eigenvalue weighted by Crippen LogP contribution is -2.35. The van der Waals surface area contributed by atoms with Crippen molar-refractivity contribution in [3.8, 4) is 0 Å². The maximum atomic E-state index is 12.1. The van der Waals surface area contributed by atoms with Crippen LogP contribution in [0.15, 0.2) is 36.7 Å². The Balaban J connectivity index is 0.000000146. The Hall–Kier alpha value is -4.81. The summed E-state index contributed by atoms with van der Waals surface area (Å²) in [6.45, 7) is 6.00. The molecule has 234 valence electrons. The molecule has 3 aliphatic rings. The Bertz CT molecular complexity index is 1810. The van der Waals surface area contributed by atoms with Crippen molar-refractivity contribution in [2.24, 2.45) is 0 Å². The van der Waals surface area contributed by atoms with Crippen LogP contribution in [0.4, 0.5) is 23.3 Å². The molecule has 0 bridgehead atoms. The molecule has 5 aromatic heterocycles. The second kappa shape index (κ2) is 11.9. The van der Waals surface area contributed by atoms with Crippen molar-refractivity contribution >= 4 is 34.8 Å². The molecule has 2 saturated carbocycles. The number of anilines is 4. The SMILES string of the molecule is CCC1(C)NC(=O)c2ccc(Nc3cc(C4CCCC4)[nH]n3)nc21.Cc1nc(Nc2cc(C3CCCC3)[nH]n2)cc2nncn12. The van der Waals surface area contributed by atoms with E-state index in [9.17, 15) is 4.79 Å². The highest BCUT2D eigenvalue weighted by molar-refractivity contribution is 5.99. The van der Waals surface area contributed by atoms with Crippen LogP contribution in [0.3, 0.4) is 0 Å². The smallest absolute Gasteiger partial charge is 0.253 e. The van der Waals surface area contributed by atoms with Gasteiger partial charge in [-0.15, -0.1) is 10.2 Å². The van der Waals surface area contributed by atoms with E-state index in [0.717, 1.165) is 46.9 Å². The topological polar surface area (TPSA) is 166 Å². The van der Waals surface area contributed by atoms with Gasteiger partial charge >= 0.3 is 0 Å². The van der Waals surface area contributed by atoms with Gasteiger partial charge in [0.05, 0.1) is 16.8 Å². The van der Waals surface area contributed by atoms with Crippen LogP contribution in [0, 0.1) is 6.92 Å². The molecule has 13 nitrogen and oxygen atoms in total. The molecule has 5 N–H and O–H groups in total. The number of hydrogen-bond acceptors (Lipinski definition) is 9. The second-order valence-corrected chi connectivity index (χ2v) is 12.6. The van der Waals surface area contributed by atoms with E-state index in [2.05, 4.69) is 75.6 Å². The van der Waals surface area contributed by atoms with Crippen molar-refractivity contribution in [3.05, 3.63) is 65.1 Å². The first kappa shape index (κ1) is 28.9. The third-order valence-electron chi connectivity index (χ3n) is 9.53. The van der Waals surface area contributed by atoms with Gasteiger partial charge in [-0.25, -0.2) is 9.97 Å². The standard InChI is InChI=1S/C18H23N5O.C14H17N7/c1-3-18(2)16-12(17(24)21-18)8-9-14(20-16)19-15-10-13(22-23-15)11-6-4-5-7-11;1-9-16-12(7-14-20-15-8-21(9)14)17-13-6-11(18-19-13)10-4-2-3-5-10/h8-11H,3-7H2,1-2H3,(H,21,24)(H2,19,20,22,23);6-8,10H,2-5H2,1H3,(H2,17,18,19). The minimum atomic E-state index is -0.398. The number of carbonyl (C=O) groups is 1. The van der Waals surface area contributed by atoms with Crippen LogP contribution in [-0.2, 0) is 5.54 Å². The summed E-state index contributed by atoms with van der Waals surface area (Å²) in [4.78, 5) is 21.2. The number of amides is 1. The fraction of sp³-hybridized carbons (Fsp3) is 0.469. The molecule has 1 aliphatic heterocycles. The fourth-order valence-corrected chi connectivity index (χ4v) is 6.76. The van der Waals surface area contributed by atoms with Crippen molar-refractivity contribution in [1.29, 1.82) is 0 Å². The number of nitrogens with zero attached hydrogens (tertiary/aromatic N) is 7. The first-order chi connectivity index (χ1) is 21.9. The molecular formula is C32H40N12O. The van der Waals surface area contributed by atoms with E-state index >= 15 is 0 Å². The zero-order valence-corrected chi connectivity index (χ0v) is 26.0. The maximum Gasteiger partial charge on any atom is 0.253 e. The van der Waals surface area contributed by atoms with Gasteiger partial charge in [-0.2, -0.15) is 10.2 Å². The van der Waals surface area contributed by atoms with Crippen LogP contribution >= 0.6 is 0 Å². The lowest BCUT2D eigenvalue weighted by molar-refractivity contribution is 0.0933. The highest BCUT2D eigenvalue weighted by Gasteiger charge is 2.39. The highest BCUT2D eigenvalue weighted by Crippen LogP contribution is 2.36. The van der Waals surface area contributed by atoms with Crippen molar-refractivity contribution < 1.29 is 4.79 Å². The number of rotatable bonds is 7. The zero-order valence-electron chi connectivity index (χ0n) is 26.0. The van der Waals surface area contributed by atoms with Gasteiger partial charge in [0.2, 0.25) is 0 Å². The normalized spacial score (nSPS) is 19.8. The molecule has 2 aliphatic carbocycles. The number of aromatic amines is 2. The average Bonchev–Trinajstić information content (AvgIpc) is 3.87. The van der Waals surface area contributed by atoms with Crippen LogP contribution < -0.4 is 16.0 Å². The number of H-pyrrole nitrogens is 2. The summed E-state index contributed by atoms with van der Waals surface area (Å²) in [7, 11) is 0. The molecule has 0 aromatic carbocycles. The third kappa shape index (κ3) is 5.86. The number of carbonyl (C=O) groups excluding carboxylic acids is 1. The number of hydrogen-bond donors (Lipinski definition) is 5. The van der Waals surface area contributed by atoms with E-state index in [1.165, 1.54) is 62.8 Å². The molecule has 0 radical (unpaired) electrons. The summed E-state index contributed by atoms with van der Waals surface area (Å²) in [5.41, 5.74) is 4.27. The molecule has 1 unspecified atom stereocenters. The Labute approximate surface area is 261 Å². The van der Waals surface area contributed by atoms with E-state index in [1.807, 2.05) is 36.4 Å². The number of pyridine rings is 1. The molecular weight excluding hydrogens is 568 g/mol. The molecule has 6 heterocycles. The van der Waals surface area contributed by atoms with Crippen LogP contribution in [0.2, 0.25) is 0 Å². The molecule has 5 aromatic rings. The molecule has 0 saturated heterocycles. The largest absolute Gasteiger partial charge is 0.341 e. The average molecular weight is 609 g/mol. The molecule has 2 fully saturated rings. The first-order valence-corrected chi connectivity index (χ1v) is 16.0. The van der Waals surface area contributed by atoms with E-state index in [1.54, 1.807) is 6.33 Å². The van der Waals surface area contributed by atoms with Crippen LogP contribution in [0.1, 0.15) is 117 Å². The van der Waals surface area contributed by atoms with E-state index in [0.29, 0.717) is 17.4 Å². The van der Waals surface area contributed by atoms with Gasteiger partial charge in [-0.1, -0.05) is 32.6 Å². The molecule has 45 heavy (non-hydrogen) atoms. The third-order valence-corrected chi connectivity index (χ3v) is 9.53. The number of aryl methyl sites for hydroxylation is 1. The second-order valence-electron chi connectivity index (χ2n) is 12.6. The molecule has 0 spiro atoms. The highest BCUT2D eigenvalue weighted by atomic mass is 16.2. The van der Waals surface area contributed by atoms with Crippen molar-refractivity contribution in [2.45, 2.75) is 95.9 Å². The number of aromatic nitrogens is 9. The number of fused-ring (bicyclic) bond motifs is 2. The Morgan fingerprint density at radius 2 is 1.49 bits per heavy atom. The van der Waals surface area contributed by atoms with Gasteiger partial charge in [0.25, 0.3) is 5.91 Å². The van der Waals surface area contributed by atoms with Gasteiger partial charge in [-0.05, 0) is 58.1 Å².